The fourth-order valence-corrected chi connectivity index (χ4v) is 3.45. The molecule has 1 N–H and O–H groups in total. The third-order valence-corrected chi connectivity index (χ3v) is 4.96. The van der Waals surface area contributed by atoms with Gasteiger partial charge in [-0.25, -0.2) is 0 Å². The molecule has 0 bridgehead atoms. The fourth-order valence-electron chi connectivity index (χ4n) is 3.45. The van der Waals surface area contributed by atoms with Crippen molar-refractivity contribution < 1.29 is 4.74 Å². The molecule has 21 heavy (non-hydrogen) atoms. The van der Waals surface area contributed by atoms with Crippen LogP contribution in [-0.4, -0.2) is 25.3 Å². The molecule has 1 fully saturated rings. The van der Waals surface area contributed by atoms with Crippen LogP contribution in [0.25, 0.3) is 0 Å². The number of hydrogen-bond acceptors (Lipinski definition) is 2. The van der Waals surface area contributed by atoms with Crippen LogP contribution in [0, 0.1) is 5.92 Å². The van der Waals surface area contributed by atoms with Crippen LogP contribution in [0.1, 0.15) is 91.4 Å². The molecule has 1 aliphatic carbocycles. The van der Waals surface area contributed by atoms with E-state index < -0.39 is 0 Å². The summed E-state index contributed by atoms with van der Waals surface area (Å²) < 4.78 is 6.27. The molecular formula is C19H39NO. The van der Waals surface area contributed by atoms with Gasteiger partial charge in [0.1, 0.15) is 0 Å². The lowest BCUT2D eigenvalue weighted by Gasteiger charge is -2.36. The highest BCUT2D eigenvalue weighted by Gasteiger charge is 2.29. The highest BCUT2D eigenvalue weighted by molar-refractivity contribution is 4.85. The first-order valence-electron chi connectivity index (χ1n) is 9.66. The normalized spacial score (nSPS) is 26.1. The Morgan fingerprint density at radius 2 is 1.67 bits per heavy atom. The lowest BCUT2D eigenvalue weighted by atomic mass is 9.82. The molecule has 2 heteroatoms. The first-order valence-corrected chi connectivity index (χ1v) is 9.66. The summed E-state index contributed by atoms with van der Waals surface area (Å²) in [6.45, 7) is 8.96. The van der Waals surface area contributed by atoms with Crippen LogP contribution in [0.3, 0.4) is 0 Å². The van der Waals surface area contributed by atoms with E-state index in [0.717, 1.165) is 19.1 Å². The van der Waals surface area contributed by atoms with E-state index in [4.69, 9.17) is 4.74 Å². The predicted molar refractivity (Wildman–Crippen MR) is 92.8 cm³/mol. The van der Waals surface area contributed by atoms with Crippen molar-refractivity contribution in [3.05, 3.63) is 0 Å². The highest BCUT2D eigenvalue weighted by atomic mass is 16.5. The topological polar surface area (TPSA) is 21.3 Å². The van der Waals surface area contributed by atoms with Gasteiger partial charge in [-0.15, -0.1) is 0 Å². The third-order valence-electron chi connectivity index (χ3n) is 4.96. The average Bonchev–Trinajstić information content (AvgIpc) is 2.52. The maximum absolute atomic E-state index is 6.27. The molecule has 3 unspecified atom stereocenters. The largest absolute Gasteiger partial charge is 0.377 e. The van der Waals surface area contributed by atoms with E-state index in [1.54, 1.807) is 0 Å². The van der Waals surface area contributed by atoms with Crippen molar-refractivity contribution in [3.8, 4) is 0 Å². The zero-order valence-corrected chi connectivity index (χ0v) is 14.8. The van der Waals surface area contributed by atoms with Gasteiger partial charge in [-0.2, -0.15) is 0 Å². The molecule has 126 valence electrons. The summed E-state index contributed by atoms with van der Waals surface area (Å²) in [5.41, 5.74) is 0. The highest BCUT2D eigenvalue weighted by Crippen LogP contribution is 2.29. The molecule has 0 amide bonds. The van der Waals surface area contributed by atoms with Crippen LogP contribution in [0.2, 0.25) is 0 Å². The van der Waals surface area contributed by atoms with Gasteiger partial charge in [-0.1, -0.05) is 59.3 Å². The van der Waals surface area contributed by atoms with Gasteiger partial charge < -0.3 is 10.1 Å². The second-order valence-corrected chi connectivity index (χ2v) is 6.82. The van der Waals surface area contributed by atoms with E-state index >= 15 is 0 Å². The maximum atomic E-state index is 6.27. The van der Waals surface area contributed by atoms with Gasteiger partial charge >= 0.3 is 0 Å². The van der Waals surface area contributed by atoms with E-state index in [2.05, 4.69) is 26.1 Å². The molecule has 0 heterocycles. The summed E-state index contributed by atoms with van der Waals surface area (Å²) in [6.07, 6.45) is 15.1. The van der Waals surface area contributed by atoms with Gasteiger partial charge in [0.25, 0.3) is 0 Å². The number of hydrogen-bond donors (Lipinski definition) is 1. The Kier molecular flexibility index (Phi) is 11.3. The van der Waals surface area contributed by atoms with Crippen molar-refractivity contribution >= 4 is 0 Å². The summed E-state index contributed by atoms with van der Waals surface area (Å²) in [5.74, 6) is 0.888. The summed E-state index contributed by atoms with van der Waals surface area (Å²) in [4.78, 5) is 0. The van der Waals surface area contributed by atoms with E-state index in [1.807, 2.05) is 0 Å². The summed E-state index contributed by atoms with van der Waals surface area (Å²) in [6, 6.07) is 0.604. The smallest absolute Gasteiger partial charge is 0.0730 e. The molecule has 0 spiro atoms. The van der Waals surface area contributed by atoms with Gasteiger partial charge in [0.2, 0.25) is 0 Å². The molecule has 0 aliphatic heterocycles. The van der Waals surface area contributed by atoms with Gasteiger partial charge in [0, 0.05) is 12.6 Å². The SMILES string of the molecule is CCCCCCCCOC1CC(CC)CCC1NCCC. The third kappa shape index (κ3) is 8.21. The zero-order chi connectivity index (χ0) is 15.3. The maximum Gasteiger partial charge on any atom is 0.0730 e. The number of unbranched alkanes of at least 4 members (excludes halogenated alkanes) is 5. The van der Waals surface area contributed by atoms with Gasteiger partial charge in [-0.05, 0) is 44.6 Å². The molecule has 0 aromatic heterocycles. The molecule has 0 saturated heterocycles. The predicted octanol–water partition coefficient (Wildman–Crippen LogP) is 5.31. The van der Waals surface area contributed by atoms with E-state index in [1.165, 1.54) is 70.6 Å². The Labute approximate surface area is 133 Å². The molecule has 1 aliphatic rings. The quantitative estimate of drug-likeness (QED) is 0.493. The average molecular weight is 298 g/mol. The summed E-state index contributed by atoms with van der Waals surface area (Å²) in [5, 5.41) is 3.71. The minimum Gasteiger partial charge on any atom is -0.377 e. The molecule has 0 aromatic rings. The van der Waals surface area contributed by atoms with Crippen LogP contribution in [0.4, 0.5) is 0 Å². The van der Waals surface area contributed by atoms with Crippen molar-refractivity contribution in [2.24, 2.45) is 5.92 Å². The molecule has 1 saturated carbocycles. The number of nitrogens with one attached hydrogen (secondary N) is 1. The van der Waals surface area contributed by atoms with Crippen molar-refractivity contribution in [1.82, 2.24) is 5.32 Å². The van der Waals surface area contributed by atoms with Gasteiger partial charge in [-0.3, -0.25) is 0 Å². The zero-order valence-electron chi connectivity index (χ0n) is 14.8. The monoisotopic (exact) mass is 297 g/mol. The van der Waals surface area contributed by atoms with E-state index in [9.17, 15) is 0 Å². The van der Waals surface area contributed by atoms with Crippen molar-refractivity contribution in [1.29, 1.82) is 0 Å². The second-order valence-electron chi connectivity index (χ2n) is 6.82. The fraction of sp³-hybridized carbons (Fsp3) is 1.00. The summed E-state index contributed by atoms with van der Waals surface area (Å²) >= 11 is 0. The van der Waals surface area contributed by atoms with Crippen LogP contribution in [0.15, 0.2) is 0 Å². The number of ether oxygens (including phenoxy) is 1. The van der Waals surface area contributed by atoms with E-state index in [0.29, 0.717) is 12.1 Å². The molecule has 0 radical (unpaired) electrons. The minimum absolute atomic E-state index is 0.464. The second kappa shape index (κ2) is 12.5. The Bertz CT molecular complexity index is 232. The molecule has 2 nitrogen and oxygen atoms in total. The minimum atomic E-state index is 0.464. The Balaban J connectivity index is 2.19. The molecular weight excluding hydrogens is 258 g/mol. The summed E-state index contributed by atoms with van der Waals surface area (Å²) in [7, 11) is 0. The standard InChI is InChI=1S/C19H39NO/c1-4-7-8-9-10-11-15-21-19-16-17(6-3)12-13-18(19)20-14-5-2/h17-20H,4-16H2,1-3H3. The van der Waals surface area contributed by atoms with Crippen molar-refractivity contribution in [3.63, 3.8) is 0 Å². The lowest BCUT2D eigenvalue weighted by Crippen LogP contribution is -2.46. The number of rotatable bonds is 12. The molecule has 1 rings (SSSR count). The van der Waals surface area contributed by atoms with E-state index in [-0.39, 0.29) is 0 Å². The Morgan fingerprint density at radius 1 is 0.905 bits per heavy atom. The lowest BCUT2D eigenvalue weighted by molar-refractivity contribution is -0.0119. The van der Waals surface area contributed by atoms with Crippen LogP contribution in [0.5, 0.6) is 0 Å². The van der Waals surface area contributed by atoms with Crippen molar-refractivity contribution in [2.75, 3.05) is 13.2 Å². The Morgan fingerprint density at radius 3 is 2.38 bits per heavy atom. The molecule has 0 aromatic carbocycles. The van der Waals surface area contributed by atoms with Crippen LogP contribution in [-0.2, 0) is 4.74 Å². The van der Waals surface area contributed by atoms with Gasteiger partial charge in [0.05, 0.1) is 6.10 Å². The van der Waals surface area contributed by atoms with Crippen LogP contribution < -0.4 is 5.32 Å². The van der Waals surface area contributed by atoms with Crippen LogP contribution >= 0.6 is 0 Å². The molecule has 3 atom stereocenters. The first kappa shape index (κ1) is 19.0. The van der Waals surface area contributed by atoms with Crippen molar-refractivity contribution in [2.45, 2.75) is 104 Å². The van der Waals surface area contributed by atoms with Gasteiger partial charge in [0.15, 0.2) is 0 Å². The Hall–Kier alpha value is -0.0800. The first-order chi connectivity index (χ1) is 10.3.